The Morgan fingerprint density at radius 3 is 2.52 bits per heavy atom. The number of carbonyl (C=O) groups excluding carboxylic acids is 2. The fourth-order valence-corrected chi connectivity index (χ4v) is 4.18. The van der Waals surface area contributed by atoms with Crippen LogP contribution in [0.1, 0.15) is 25.0 Å². The smallest absolute Gasteiger partial charge is 0.244 e. The summed E-state index contributed by atoms with van der Waals surface area (Å²) in [5, 5.41) is 4.92. The van der Waals surface area contributed by atoms with E-state index < -0.39 is 0 Å². The van der Waals surface area contributed by atoms with E-state index in [1.54, 1.807) is 4.90 Å². The van der Waals surface area contributed by atoms with Gasteiger partial charge in [-0.2, -0.15) is 0 Å². The van der Waals surface area contributed by atoms with Crippen LogP contribution < -0.4 is 10.2 Å². The first-order valence-corrected chi connectivity index (χ1v) is 10.9. The zero-order valence-corrected chi connectivity index (χ0v) is 18.0. The van der Waals surface area contributed by atoms with Gasteiger partial charge in [0.2, 0.25) is 11.8 Å². The molecule has 1 aliphatic rings. The van der Waals surface area contributed by atoms with Gasteiger partial charge in [0.15, 0.2) is 0 Å². The van der Waals surface area contributed by atoms with Crippen molar-refractivity contribution in [1.29, 1.82) is 0 Å². The minimum Gasteiger partial charge on any atom is -0.372 e. The first-order valence-electron chi connectivity index (χ1n) is 9.86. The largest absolute Gasteiger partial charge is 0.372 e. The Morgan fingerprint density at radius 1 is 1.14 bits per heavy atom. The molecule has 0 aromatic heterocycles. The van der Waals surface area contributed by atoms with E-state index >= 15 is 0 Å². The monoisotopic (exact) mass is 409 g/mol. The molecule has 0 fully saturated rings. The van der Waals surface area contributed by atoms with E-state index in [0.717, 1.165) is 41.3 Å². The number of benzene rings is 2. The van der Waals surface area contributed by atoms with Gasteiger partial charge in [-0.3, -0.25) is 9.59 Å². The molecule has 0 saturated heterocycles. The zero-order valence-electron chi connectivity index (χ0n) is 17.1. The van der Waals surface area contributed by atoms with Crippen molar-refractivity contribution in [1.82, 2.24) is 4.90 Å². The fourth-order valence-electron chi connectivity index (χ4n) is 3.38. The van der Waals surface area contributed by atoms with Crippen LogP contribution in [0.25, 0.3) is 5.70 Å². The van der Waals surface area contributed by atoms with Crippen molar-refractivity contribution in [2.24, 2.45) is 0 Å². The maximum absolute atomic E-state index is 12.7. The second-order valence-electron chi connectivity index (χ2n) is 6.88. The van der Waals surface area contributed by atoms with E-state index in [1.807, 2.05) is 54.8 Å². The highest BCUT2D eigenvalue weighted by atomic mass is 32.2. The van der Waals surface area contributed by atoms with Gasteiger partial charge in [-0.05, 0) is 55.5 Å². The molecule has 0 radical (unpaired) electrons. The van der Waals surface area contributed by atoms with Crippen LogP contribution in [0.3, 0.4) is 0 Å². The number of carbonyl (C=O) groups is 2. The summed E-state index contributed by atoms with van der Waals surface area (Å²) in [4.78, 5) is 29.1. The van der Waals surface area contributed by atoms with E-state index in [0.29, 0.717) is 5.75 Å². The normalized spacial score (nSPS) is 13.8. The zero-order chi connectivity index (χ0) is 20.8. The lowest BCUT2D eigenvalue weighted by atomic mass is 10.1. The van der Waals surface area contributed by atoms with E-state index in [4.69, 9.17) is 0 Å². The summed E-state index contributed by atoms with van der Waals surface area (Å²) < 4.78 is 0. The number of rotatable bonds is 7. The van der Waals surface area contributed by atoms with Crippen molar-refractivity contribution in [3.8, 4) is 0 Å². The number of hydrogen-bond acceptors (Lipinski definition) is 4. The molecule has 1 aliphatic heterocycles. The molecular formula is C23H27N3O2S. The maximum atomic E-state index is 12.7. The summed E-state index contributed by atoms with van der Waals surface area (Å²) >= 11 is 1.46. The molecule has 1 N–H and O–H groups in total. The Labute approximate surface area is 176 Å². The minimum absolute atomic E-state index is 0.00262. The van der Waals surface area contributed by atoms with Crippen LogP contribution in [0.5, 0.6) is 0 Å². The number of anilines is 2. The fraction of sp³-hybridized carbons (Fsp3) is 0.304. The highest BCUT2D eigenvalue weighted by Gasteiger charge is 2.25. The highest BCUT2D eigenvalue weighted by molar-refractivity contribution is 8.03. The lowest BCUT2D eigenvalue weighted by Gasteiger charge is -2.28. The molecule has 0 bridgehead atoms. The van der Waals surface area contributed by atoms with Gasteiger partial charge in [0.25, 0.3) is 0 Å². The summed E-state index contributed by atoms with van der Waals surface area (Å²) in [6.45, 7) is 8.11. The second-order valence-corrected chi connectivity index (χ2v) is 7.74. The molecular weight excluding hydrogens is 382 g/mol. The molecule has 2 aromatic rings. The lowest BCUT2D eigenvalue weighted by molar-refractivity contribution is -0.129. The molecule has 0 spiro atoms. The molecule has 152 valence electrons. The van der Waals surface area contributed by atoms with Gasteiger partial charge in [-0.15, -0.1) is 11.8 Å². The van der Waals surface area contributed by atoms with Crippen LogP contribution in [0.4, 0.5) is 11.4 Å². The average Bonchev–Trinajstić information content (AvgIpc) is 2.73. The average molecular weight is 410 g/mol. The third kappa shape index (κ3) is 5.01. The Hall–Kier alpha value is -2.73. The minimum atomic E-state index is -0.203. The van der Waals surface area contributed by atoms with Crippen LogP contribution in [-0.4, -0.2) is 42.1 Å². The third-order valence-corrected chi connectivity index (χ3v) is 5.78. The summed E-state index contributed by atoms with van der Waals surface area (Å²) in [6, 6.07) is 15.7. The molecule has 6 heteroatoms. The van der Waals surface area contributed by atoms with Crippen LogP contribution in [0.15, 0.2) is 53.9 Å². The molecule has 2 aromatic carbocycles. The van der Waals surface area contributed by atoms with Crippen LogP contribution in [-0.2, 0) is 9.59 Å². The van der Waals surface area contributed by atoms with Crippen LogP contribution in [0.2, 0.25) is 0 Å². The molecule has 2 amide bonds. The number of nitrogens with one attached hydrogen (secondary N) is 1. The standard InChI is InChI=1S/C23H27N3O2S/c1-4-25(5-2)19-11-12-20(17(3)13-19)24-22(27)14-26-21(15-29-16-23(26)28)18-9-7-6-8-10-18/h6-13,15H,4-5,14,16H2,1-3H3,(H,24,27). The number of amides is 2. The summed E-state index contributed by atoms with van der Waals surface area (Å²) in [7, 11) is 0. The second kappa shape index (κ2) is 9.65. The van der Waals surface area contributed by atoms with Crippen molar-refractivity contribution in [2.75, 3.05) is 35.6 Å². The Kier molecular flexibility index (Phi) is 6.99. The van der Waals surface area contributed by atoms with Crippen LogP contribution >= 0.6 is 11.8 Å². The Balaban J connectivity index is 1.73. The quantitative estimate of drug-likeness (QED) is 0.739. The summed E-state index contributed by atoms with van der Waals surface area (Å²) in [6.07, 6.45) is 0. The lowest BCUT2D eigenvalue weighted by Crippen LogP contribution is -2.39. The molecule has 3 rings (SSSR count). The van der Waals surface area contributed by atoms with E-state index in [9.17, 15) is 9.59 Å². The van der Waals surface area contributed by atoms with Crippen molar-refractivity contribution < 1.29 is 9.59 Å². The first-order chi connectivity index (χ1) is 14.0. The van der Waals surface area contributed by atoms with Gasteiger partial charge in [0.1, 0.15) is 6.54 Å². The molecule has 0 atom stereocenters. The van der Waals surface area contributed by atoms with Gasteiger partial charge in [-0.25, -0.2) is 0 Å². The Morgan fingerprint density at radius 2 is 1.86 bits per heavy atom. The van der Waals surface area contributed by atoms with E-state index in [2.05, 4.69) is 30.1 Å². The van der Waals surface area contributed by atoms with Crippen molar-refractivity contribution >= 4 is 40.6 Å². The Bertz CT molecular complexity index is 908. The van der Waals surface area contributed by atoms with Gasteiger partial charge in [-0.1, -0.05) is 30.3 Å². The van der Waals surface area contributed by atoms with Crippen molar-refractivity contribution in [3.05, 3.63) is 65.1 Å². The molecule has 1 heterocycles. The molecule has 0 unspecified atom stereocenters. The van der Waals surface area contributed by atoms with Gasteiger partial charge in [0.05, 0.1) is 11.4 Å². The first kappa shape index (κ1) is 21.0. The van der Waals surface area contributed by atoms with E-state index in [-0.39, 0.29) is 18.4 Å². The summed E-state index contributed by atoms with van der Waals surface area (Å²) in [5.74, 6) is 0.0900. The number of aryl methyl sites for hydroxylation is 1. The third-order valence-electron chi connectivity index (χ3n) is 4.98. The topological polar surface area (TPSA) is 52.7 Å². The molecule has 0 saturated carbocycles. The summed E-state index contributed by atoms with van der Waals surface area (Å²) in [5.41, 5.74) is 4.62. The van der Waals surface area contributed by atoms with Gasteiger partial charge >= 0.3 is 0 Å². The highest BCUT2D eigenvalue weighted by Crippen LogP contribution is 2.28. The molecule has 5 nitrogen and oxygen atoms in total. The number of thioether (sulfide) groups is 1. The SMILES string of the molecule is CCN(CC)c1ccc(NC(=O)CN2C(=O)CSC=C2c2ccccc2)c(C)c1. The van der Waals surface area contributed by atoms with E-state index in [1.165, 1.54) is 11.8 Å². The maximum Gasteiger partial charge on any atom is 0.244 e. The predicted molar refractivity (Wildman–Crippen MR) is 122 cm³/mol. The van der Waals surface area contributed by atoms with Crippen molar-refractivity contribution in [2.45, 2.75) is 20.8 Å². The van der Waals surface area contributed by atoms with Crippen LogP contribution in [0, 0.1) is 6.92 Å². The van der Waals surface area contributed by atoms with Gasteiger partial charge in [0, 0.05) is 24.5 Å². The van der Waals surface area contributed by atoms with Gasteiger partial charge < -0.3 is 15.1 Å². The predicted octanol–water partition coefficient (Wildman–Crippen LogP) is 4.35. The molecule has 29 heavy (non-hydrogen) atoms. The number of nitrogens with zero attached hydrogens (tertiary/aromatic N) is 2. The van der Waals surface area contributed by atoms with Crippen molar-refractivity contribution in [3.63, 3.8) is 0 Å². The number of hydrogen-bond donors (Lipinski definition) is 1. The molecule has 0 aliphatic carbocycles.